The molecule has 6 nitrogen and oxygen atoms in total. The number of ether oxygens (including phenoxy) is 1. The van der Waals surface area contributed by atoms with Gasteiger partial charge in [-0.25, -0.2) is 4.79 Å². The molecule has 0 aliphatic heterocycles. The molecule has 1 aromatic carbocycles. The van der Waals surface area contributed by atoms with E-state index < -0.39 is 12.0 Å². The van der Waals surface area contributed by atoms with Crippen molar-refractivity contribution < 1.29 is 18.8 Å². The van der Waals surface area contributed by atoms with E-state index in [2.05, 4.69) is 9.89 Å². The van der Waals surface area contributed by atoms with Crippen molar-refractivity contribution in [1.29, 1.82) is 0 Å². The standard InChI is InChI=1S/C14H13ClN2O4/c1-17(11(8-18)14(19)20-2)13-7-12(21-16-13)9-3-5-10(15)6-4-9/h3-8,11H,1-2H3. The molecule has 0 radical (unpaired) electrons. The second-order valence-corrected chi connectivity index (χ2v) is 4.71. The topological polar surface area (TPSA) is 72.6 Å². The lowest BCUT2D eigenvalue weighted by molar-refractivity contribution is -0.143. The monoisotopic (exact) mass is 308 g/mol. The van der Waals surface area contributed by atoms with Crippen molar-refractivity contribution in [2.75, 3.05) is 19.1 Å². The summed E-state index contributed by atoms with van der Waals surface area (Å²) in [5, 5.41) is 4.46. The van der Waals surface area contributed by atoms with Crippen LogP contribution in [-0.4, -0.2) is 37.6 Å². The first-order chi connectivity index (χ1) is 10.1. The van der Waals surface area contributed by atoms with Gasteiger partial charge in [-0.2, -0.15) is 0 Å². The predicted octanol–water partition coefficient (Wildman–Crippen LogP) is 2.17. The molecule has 0 amide bonds. The number of hydrogen-bond donors (Lipinski definition) is 0. The Hall–Kier alpha value is -2.34. The Bertz CT molecular complexity index is 639. The summed E-state index contributed by atoms with van der Waals surface area (Å²) in [6, 6.07) is 7.58. The van der Waals surface area contributed by atoms with Gasteiger partial charge in [-0.05, 0) is 24.3 Å². The van der Waals surface area contributed by atoms with Gasteiger partial charge in [-0.1, -0.05) is 16.8 Å². The number of carbonyl (C=O) groups excluding carboxylic acids is 2. The largest absolute Gasteiger partial charge is 0.467 e. The third-order valence-corrected chi connectivity index (χ3v) is 3.23. The van der Waals surface area contributed by atoms with Crippen molar-refractivity contribution >= 4 is 29.7 Å². The summed E-state index contributed by atoms with van der Waals surface area (Å²) >= 11 is 5.82. The summed E-state index contributed by atoms with van der Waals surface area (Å²) in [5.74, 6) is 0.189. The Kier molecular flexibility index (Phi) is 4.59. The maximum atomic E-state index is 11.5. The van der Waals surface area contributed by atoms with E-state index in [0.29, 0.717) is 22.9 Å². The second kappa shape index (κ2) is 6.41. The van der Waals surface area contributed by atoms with Crippen LogP contribution in [0.5, 0.6) is 0 Å². The fraction of sp³-hybridized carbons (Fsp3) is 0.214. The summed E-state index contributed by atoms with van der Waals surface area (Å²) < 4.78 is 9.78. The lowest BCUT2D eigenvalue weighted by atomic mass is 10.2. The molecule has 21 heavy (non-hydrogen) atoms. The quantitative estimate of drug-likeness (QED) is 0.479. The molecule has 1 aromatic heterocycles. The molecule has 0 aliphatic carbocycles. The van der Waals surface area contributed by atoms with Gasteiger partial charge in [-0.15, -0.1) is 0 Å². The van der Waals surface area contributed by atoms with Crippen LogP contribution >= 0.6 is 11.6 Å². The molecule has 0 spiro atoms. The highest BCUT2D eigenvalue weighted by Gasteiger charge is 2.26. The molecular formula is C14H13ClN2O4. The molecule has 0 saturated heterocycles. The van der Waals surface area contributed by atoms with Crippen molar-refractivity contribution in [2.45, 2.75) is 6.04 Å². The maximum Gasteiger partial charge on any atom is 0.336 e. The molecule has 1 heterocycles. The van der Waals surface area contributed by atoms with Crippen molar-refractivity contribution in [3.05, 3.63) is 35.4 Å². The highest BCUT2D eigenvalue weighted by atomic mass is 35.5. The van der Waals surface area contributed by atoms with Gasteiger partial charge in [0.2, 0.25) is 0 Å². The molecule has 110 valence electrons. The van der Waals surface area contributed by atoms with Crippen molar-refractivity contribution in [3.8, 4) is 11.3 Å². The average Bonchev–Trinajstić information content (AvgIpc) is 2.98. The van der Waals surface area contributed by atoms with Crippen molar-refractivity contribution in [2.24, 2.45) is 0 Å². The smallest absolute Gasteiger partial charge is 0.336 e. The third kappa shape index (κ3) is 3.22. The Morgan fingerprint density at radius 1 is 1.43 bits per heavy atom. The van der Waals surface area contributed by atoms with Gasteiger partial charge < -0.3 is 19.0 Å². The molecule has 7 heteroatoms. The van der Waals surface area contributed by atoms with E-state index in [9.17, 15) is 9.59 Å². The van der Waals surface area contributed by atoms with Gasteiger partial charge >= 0.3 is 5.97 Å². The van der Waals surface area contributed by atoms with Crippen LogP contribution in [0.4, 0.5) is 5.82 Å². The minimum atomic E-state index is -1.07. The Morgan fingerprint density at radius 3 is 2.67 bits per heavy atom. The lowest BCUT2D eigenvalue weighted by Gasteiger charge is -2.20. The fourth-order valence-corrected chi connectivity index (χ4v) is 1.88. The van der Waals surface area contributed by atoms with Gasteiger partial charge in [0.15, 0.2) is 23.9 Å². The van der Waals surface area contributed by atoms with E-state index in [1.165, 1.54) is 12.0 Å². The number of likely N-dealkylation sites (N-methyl/N-ethyl adjacent to an activating group) is 1. The summed E-state index contributed by atoms with van der Waals surface area (Å²) in [6.45, 7) is 0. The SMILES string of the molecule is COC(=O)C(C=O)N(C)c1cc(-c2ccc(Cl)cc2)on1. The molecule has 0 bridgehead atoms. The highest BCUT2D eigenvalue weighted by Crippen LogP contribution is 2.25. The molecular weight excluding hydrogens is 296 g/mol. The number of benzene rings is 1. The number of halogens is 1. The first kappa shape index (κ1) is 15.1. The predicted molar refractivity (Wildman–Crippen MR) is 77.2 cm³/mol. The molecule has 2 aromatic rings. The van der Waals surface area contributed by atoms with Crippen LogP contribution in [0, 0.1) is 0 Å². The van der Waals surface area contributed by atoms with Crippen LogP contribution in [0.3, 0.4) is 0 Å². The van der Waals surface area contributed by atoms with Gasteiger partial charge in [0.05, 0.1) is 7.11 Å². The minimum Gasteiger partial charge on any atom is -0.467 e. The number of anilines is 1. The van der Waals surface area contributed by atoms with Crippen LogP contribution in [0.25, 0.3) is 11.3 Å². The molecule has 0 N–H and O–H groups in total. The number of rotatable bonds is 5. The van der Waals surface area contributed by atoms with Crippen LogP contribution in [-0.2, 0) is 14.3 Å². The van der Waals surface area contributed by atoms with Gasteiger partial charge in [0, 0.05) is 23.7 Å². The summed E-state index contributed by atoms with van der Waals surface area (Å²) in [7, 11) is 2.77. The molecule has 1 unspecified atom stereocenters. The lowest BCUT2D eigenvalue weighted by Crippen LogP contribution is -2.40. The summed E-state index contributed by atoms with van der Waals surface area (Å²) in [4.78, 5) is 23.9. The van der Waals surface area contributed by atoms with Crippen molar-refractivity contribution in [1.82, 2.24) is 5.16 Å². The van der Waals surface area contributed by atoms with Gasteiger partial charge in [0.25, 0.3) is 0 Å². The van der Waals surface area contributed by atoms with Gasteiger partial charge in [-0.3, -0.25) is 0 Å². The van der Waals surface area contributed by atoms with Crippen LogP contribution in [0.15, 0.2) is 34.9 Å². The number of nitrogens with zero attached hydrogens (tertiary/aromatic N) is 2. The van der Waals surface area contributed by atoms with Gasteiger partial charge in [0.1, 0.15) is 0 Å². The van der Waals surface area contributed by atoms with Crippen molar-refractivity contribution in [3.63, 3.8) is 0 Å². The average molecular weight is 309 g/mol. The van der Waals surface area contributed by atoms with E-state index in [-0.39, 0.29) is 0 Å². The third-order valence-electron chi connectivity index (χ3n) is 2.98. The minimum absolute atomic E-state index is 0.349. The van der Waals surface area contributed by atoms with Crippen LogP contribution in [0.1, 0.15) is 0 Å². The Balaban J connectivity index is 2.24. The number of aldehydes is 1. The Labute approximate surface area is 126 Å². The zero-order valence-electron chi connectivity index (χ0n) is 11.4. The van der Waals surface area contributed by atoms with E-state index in [1.54, 1.807) is 37.4 Å². The zero-order valence-corrected chi connectivity index (χ0v) is 12.2. The van der Waals surface area contributed by atoms with E-state index in [0.717, 1.165) is 5.56 Å². The van der Waals surface area contributed by atoms with E-state index >= 15 is 0 Å². The summed E-state index contributed by atoms with van der Waals surface area (Å²) in [5.41, 5.74) is 0.785. The number of aromatic nitrogens is 1. The molecule has 0 aliphatic rings. The fourth-order valence-electron chi connectivity index (χ4n) is 1.75. The number of methoxy groups -OCH3 is 1. The zero-order chi connectivity index (χ0) is 15.4. The molecule has 2 rings (SSSR count). The highest BCUT2D eigenvalue weighted by molar-refractivity contribution is 6.30. The van der Waals surface area contributed by atoms with E-state index in [1.807, 2.05) is 0 Å². The van der Waals surface area contributed by atoms with Crippen LogP contribution in [0.2, 0.25) is 5.02 Å². The molecule has 1 atom stereocenters. The number of esters is 1. The van der Waals surface area contributed by atoms with Crippen LogP contribution < -0.4 is 4.90 Å². The normalized spacial score (nSPS) is 11.8. The van der Waals surface area contributed by atoms with E-state index in [4.69, 9.17) is 16.1 Å². The Morgan fingerprint density at radius 2 is 2.10 bits per heavy atom. The number of carbonyl (C=O) groups is 2. The first-order valence-electron chi connectivity index (χ1n) is 6.05. The molecule has 0 saturated carbocycles. The number of hydrogen-bond acceptors (Lipinski definition) is 6. The second-order valence-electron chi connectivity index (χ2n) is 4.27. The molecule has 0 fully saturated rings. The maximum absolute atomic E-state index is 11.5. The first-order valence-corrected chi connectivity index (χ1v) is 6.43. The summed E-state index contributed by atoms with van der Waals surface area (Å²) in [6.07, 6.45) is 0.489.